The zero-order chi connectivity index (χ0) is 16.4. The van der Waals surface area contributed by atoms with Gasteiger partial charge in [-0.15, -0.1) is 0 Å². The third kappa shape index (κ3) is 2.80. The molecule has 0 unspecified atom stereocenters. The summed E-state index contributed by atoms with van der Waals surface area (Å²) in [6.45, 7) is 0. The van der Waals surface area contributed by atoms with E-state index in [4.69, 9.17) is 9.47 Å². The van der Waals surface area contributed by atoms with E-state index in [1.807, 2.05) is 42.5 Å². The molecule has 3 atom stereocenters. The maximum absolute atomic E-state index is 12.2. The Hall–Kier alpha value is -2.40. The highest BCUT2D eigenvalue weighted by molar-refractivity contribution is 5.88. The van der Waals surface area contributed by atoms with Crippen LogP contribution < -0.4 is 5.32 Å². The molecular weight excluding hydrogens is 294 g/mol. The molecule has 5 nitrogen and oxygen atoms in total. The summed E-state index contributed by atoms with van der Waals surface area (Å²) in [7, 11) is 2.72. The Morgan fingerprint density at radius 2 is 1.70 bits per heavy atom. The van der Waals surface area contributed by atoms with E-state index in [1.165, 1.54) is 14.2 Å². The maximum atomic E-state index is 12.2. The fraction of sp³-hybridized carbons (Fsp3) is 0.333. The summed E-state index contributed by atoms with van der Waals surface area (Å²) >= 11 is 0. The van der Waals surface area contributed by atoms with Crippen molar-refractivity contribution in [1.82, 2.24) is 5.32 Å². The van der Waals surface area contributed by atoms with E-state index in [0.29, 0.717) is 6.42 Å². The standard InChI is InChI=1S/C18H19NO4/c1-22-17(20)14-10-15(18(21)23-2)19-16(14)13-9-5-7-11-6-3-4-8-12(11)13/h3-9,14-16,19H,10H2,1-2H3/t14-,15-,16-/m0/s1. The molecule has 0 radical (unpaired) electrons. The number of carbonyl (C=O) groups is 2. The minimum atomic E-state index is -0.506. The molecule has 5 heteroatoms. The lowest BCUT2D eigenvalue weighted by Gasteiger charge is -2.20. The lowest BCUT2D eigenvalue weighted by molar-refractivity contribution is -0.146. The van der Waals surface area contributed by atoms with Gasteiger partial charge in [0.1, 0.15) is 6.04 Å². The Kier molecular flexibility index (Phi) is 4.30. The van der Waals surface area contributed by atoms with E-state index in [1.54, 1.807) is 0 Å². The van der Waals surface area contributed by atoms with Crippen LogP contribution >= 0.6 is 0 Å². The highest BCUT2D eigenvalue weighted by atomic mass is 16.5. The second-order valence-electron chi connectivity index (χ2n) is 5.65. The van der Waals surface area contributed by atoms with Gasteiger partial charge in [-0.3, -0.25) is 14.9 Å². The molecular formula is C18H19NO4. The van der Waals surface area contributed by atoms with Crippen LogP contribution in [0, 0.1) is 5.92 Å². The van der Waals surface area contributed by atoms with Gasteiger partial charge in [0.05, 0.1) is 20.1 Å². The first-order valence-electron chi connectivity index (χ1n) is 7.55. The van der Waals surface area contributed by atoms with Gasteiger partial charge in [-0.05, 0) is 22.8 Å². The molecule has 1 fully saturated rings. The van der Waals surface area contributed by atoms with Gasteiger partial charge in [0.15, 0.2) is 0 Å². The number of hydrogen-bond acceptors (Lipinski definition) is 5. The van der Waals surface area contributed by atoms with Crippen molar-refractivity contribution in [3.05, 3.63) is 48.0 Å². The molecule has 0 saturated carbocycles. The van der Waals surface area contributed by atoms with Gasteiger partial charge in [0.25, 0.3) is 0 Å². The lowest BCUT2D eigenvalue weighted by atomic mass is 9.90. The number of carbonyl (C=O) groups excluding carboxylic acids is 2. The van der Waals surface area contributed by atoms with Crippen LogP contribution in [0.5, 0.6) is 0 Å². The van der Waals surface area contributed by atoms with Crippen LogP contribution in [0.3, 0.4) is 0 Å². The summed E-state index contributed by atoms with van der Waals surface area (Å²) in [4.78, 5) is 24.1. The number of hydrogen-bond donors (Lipinski definition) is 1. The molecule has 1 heterocycles. The van der Waals surface area contributed by atoms with Crippen molar-refractivity contribution in [3.8, 4) is 0 Å². The topological polar surface area (TPSA) is 64.6 Å². The molecule has 0 aromatic heterocycles. The smallest absolute Gasteiger partial charge is 0.322 e. The normalized spacial score (nSPS) is 23.7. The molecule has 2 aromatic rings. The molecule has 0 bridgehead atoms. The molecule has 1 aliphatic rings. The number of rotatable bonds is 3. The summed E-state index contributed by atoms with van der Waals surface area (Å²) in [5.74, 6) is -1.10. The van der Waals surface area contributed by atoms with Crippen molar-refractivity contribution in [2.24, 2.45) is 5.92 Å². The van der Waals surface area contributed by atoms with Crippen LogP contribution in [0.25, 0.3) is 10.8 Å². The van der Waals surface area contributed by atoms with Crippen molar-refractivity contribution in [1.29, 1.82) is 0 Å². The zero-order valence-corrected chi connectivity index (χ0v) is 13.1. The summed E-state index contributed by atoms with van der Waals surface area (Å²) in [6.07, 6.45) is 0.368. The Labute approximate surface area is 134 Å². The maximum Gasteiger partial charge on any atom is 0.322 e. The predicted octanol–water partition coefficient (Wildman–Crippen LogP) is 2.20. The van der Waals surface area contributed by atoms with Gasteiger partial charge in [0, 0.05) is 6.04 Å². The third-order valence-electron chi connectivity index (χ3n) is 4.42. The second kappa shape index (κ2) is 6.38. The van der Waals surface area contributed by atoms with E-state index in [0.717, 1.165) is 16.3 Å². The van der Waals surface area contributed by atoms with Crippen molar-refractivity contribution < 1.29 is 19.1 Å². The monoisotopic (exact) mass is 313 g/mol. The highest BCUT2D eigenvalue weighted by Crippen LogP contribution is 2.37. The lowest BCUT2D eigenvalue weighted by Crippen LogP contribution is -2.33. The number of esters is 2. The first-order chi connectivity index (χ1) is 11.2. The van der Waals surface area contributed by atoms with E-state index in [2.05, 4.69) is 5.32 Å². The van der Waals surface area contributed by atoms with Gasteiger partial charge >= 0.3 is 11.9 Å². The first kappa shape index (κ1) is 15.5. The largest absolute Gasteiger partial charge is 0.469 e. The van der Waals surface area contributed by atoms with Crippen LogP contribution in [0.2, 0.25) is 0 Å². The van der Waals surface area contributed by atoms with Crippen molar-refractivity contribution in [3.63, 3.8) is 0 Å². The number of nitrogens with one attached hydrogen (secondary N) is 1. The molecule has 0 aliphatic carbocycles. The van der Waals surface area contributed by atoms with Crippen molar-refractivity contribution >= 4 is 22.7 Å². The summed E-state index contributed by atoms with van der Waals surface area (Å²) in [6, 6.07) is 13.2. The summed E-state index contributed by atoms with van der Waals surface area (Å²) < 4.78 is 9.74. The number of ether oxygens (including phenoxy) is 2. The molecule has 1 saturated heterocycles. The Bertz CT molecular complexity index is 737. The molecule has 3 rings (SSSR count). The summed E-state index contributed by atoms with van der Waals surface area (Å²) in [5, 5.41) is 5.40. The van der Waals surface area contributed by atoms with E-state index in [-0.39, 0.29) is 18.0 Å². The van der Waals surface area contributed by atoms with Crippen molar-refractivity contribution in [2.75, 3.05) is 14.2 Å². The number of methoxy groups -OCH3 is 2. The molecule has 23 heavy (non-hydrogen) atoms. The predicted molar refractivity (Wildman–Crippen MR) is 85.8 cm³/mol. The molecule has 0 spiro atoms. The molecule has 0 amide bonds. The fourth-order valence-corrected chi connectivity index (χ4v) is 3.31. The SMILES string of the molecule is COC(=O)[C@@H]1C[C@H](C(=O)OC)[C@H](c2cccc3ccccc23)N1. The Balaban J connectivity index is 2.03. The Morgan fingerprint density at radius 3 is 2.43 bits per heavy atom. The molecule has 1 aliphatic heterocycles. The average molecular weight is 313 g/mol. The van der Waals surface area contributed by atoms with Gasteiger partial charge in [-0.2, -0.15) is 0 Å². The molecule has 120 valence electrons. The fourth-order valence-electron chi connectivity index (χ4n) is 3.31. The zero-order valence-electron chi connectivity index (χ0n) is 13.1. The minimum Gasteiger partial charge on any atom is -0.469 e. The number of fused-ring (bicyclic) bond motifs is 1. The highest BCUT2D eigenvalue weighted by Gasteiger charge is 2.43. The first-order valence-corrected chi connectivity index (χ1v) is 7.55. The van der Waals surface area contributed by atoms with E-state index in [9.17, 15) is 9.59 Å². The van der Waals surface area contributed by atoms with Gasteiger partial charge < -0.3 is 9.47 Å². The minimum absolute atomic E-state index is 0.280. The van der Waals surface area contributed by atoms with Crippen LogP contribution in [0.1, 0.15) is 18.0 Å². The van der Waals surface area contributed by atoms with Crippen molar-refractivity contribution in [2.45, 2.75) is 18.5 Å². The van der Waals surface area contributed by atoms with Crippen LogP contribution in [0.4, 0.5) is 0 Å². The van der Waals surface area contributed by atoms with Crippen LogP contribution in [-0.4, -0.2) is 32.2 Å². The summed E-state index contributed by atoms with van der Waals surface area (Å²) in [5.41, 5.74) is 0.991. The average Bonchev–Trinajstić information content (AvgIpc) is 3.05. The van der Waals surface area contributed by atoms with Crippen LogP contribution in [-0.2, 0) is 19.1 Å². The quantitative estimate of drug-likeness (QED) is 0.880. The van der Waals surface area contributed by atoms with Gasteiger partial charge in [-0.1, -0.05) is 42.5 Å². The van der Waals surface area contributed by atoms with E-state index < -0.39 is 12.0 Å². The third-order valence-corrected chi connectivity index (χ3v) is 4.42. The Morgan fingerprint density at radius 1 is 1.00 bits per heavy atom. The van der Waals surface area contributed by atoms with Gasteiger partial charge in [0.2, 0.25) is 0 Å². The second-order valence-corrected chi connectivity index (χ2v) is 5.65. The molecule has 1 N–H and O–H groups in total. The van der Waals surface area contributed by atoms with Gasteiger partial charge in [-0.25, -0.2) is 0 Å². The number of benzene rings is 2. The van der Waals surface area contributed by atoms with E-state index >= 15 is 0 Å². The van der Waals surface area contributed by atoms with Crippen LogP contribution in [0.15, 0.2) is 42.5 Å². The molecule has 2 aromatic carbocycles.